The van der Waals surface area contributed by atoms with Gasteiger partial charge in [0, 0.05) is 33.3 Å². The van der Waals surface area contributed by atoms with Gasteiger partial charge in [-0.2, -0.15) is 0 Å². The zero-order chi connectivity index (χ0) is 14.3. The molecule has 20 heavy (non-hydrogen) atoms. The summed E-state index contributed by atoms with van der Waals surface area (Å²) in [5.41, 5.74) is -0.0112. The van der Waals surface area contributed by atoms with E-state index in [4.69, 9.17) is 9.84 Å². The molecule has 0 aromatic carbocycles. The Labute approximate surface area is 118 Å². The second-order valence-corrected chi connectivity index (χ2v) is 6.32. The molecule has 3 rings (SSSR count). The van der Waals surface area contributed by atoms with Crippen LogP contribution in [0.4, 0.5) is 4.79 Å². The summed E-state index contributed by atoms with van der Waals surface area (Å²) < 4.78 is 5.28. The summed E-state index contributed by atoms with van der Waals surface area (Å²) in [6.07, 6.45) is 3.52. The maximum atomic E-state index is 12.4. The van der Waals surface area contributed by atoms with E-state index in [2.05, 4.69) is 0 Å². The summed E-state index contributed by atoms with van der Waals surface area (Å²) in [6.45, 7) is 2.82. The number of carboxylic acids is 1. The van der Waals surface area contributed by atoms with E-state index in [0.717, 1.165) is 32.2 Å². The molecule has 0 aromatic rings. The van der Waals surface area contributed by atoms with Crippen molar-refractivity contribution < 1.29 is 19.4 Å². The van der Waals surface area contributed by atoms with Crippen molar-refractivity contribution in [2.75, 3.05) is 33.3 Å². The number of likely N-dealkylation sites (tertiary alicyclic amines) is 2. The van der Waals surface area contributed by atoms with Crippen molar-refractivity contribution in [1.82, 2.24) is 9.80 Å². The minimum Gasteiger partial charge on any atom is -0.481 e. The molecule has 2 atom stereocenters. The van der Waals surface area contributed by atoms with Crippen LogP contribution in [0.5, 0.6) is 0 Å². The van der Waals surface area contributed by atoms with Gasteiger partial charge in [0.2, 0.25) is 0 Å². The lowest BCUT2D eigenvalue weighted by Crippen LogP contribution is -2.46. The molecule has 2 heterocycles. The molecule has 0 radical (unpaired) electrons. The van der Waals surface area contributed by atoms with Crippen LogP contribution in [-0.2, 0) is 9.53 Å². The molecule has 0 bridgehead atoms. The number of amides is 2. The van der Waals surface area contributed by atoms with Gasteiger partial charge in [0.25, 0.3) is 0 Å². The Hall–Kier alpha value is -1.30. The molecule has 3 fully saturated rings. The van der Waals surface area contributed by atoms with Gasteiger partial charge in [0.1, 0.15) is 0 Å². The number of rotatable bonds is 2. The highest BCUT2D eigenvalue weighted by atomic mass is 16.5. The highest BCUT2D eigenvalue weighted by Gasteiger charge is 2.59. The van der Waals surface area contributed by atoms with Crippen LogP contribution in [0.25, 0.3) is 0 Å². The smallest absolute Gasteiger partial charge is 0.320 e. The van der Waals surface area contributed by atoms with Gasteiger partial charge in [-0.3, -0.25) is 4.79 Å². The summed E-state index contributed by atoms with van der Waals surface area (Å²) in [4.78, 5) is 27.1. The number of hydrogen-bond donors (Lipinski definition) is 1. The number of carboxylic acid groups (broad SMARTS) is 1. The van der Waals surface area contributed by atoms with Crippen LogP contribution in [0.3, 0.4) is 0 Å². The zero-order valence-electron chi connectivity index (χ0n) is 11.9. The summed E-state index contributed by atoms with van der Waals surface area (Å²) in [7, 11) is 1.68. The molecule has 2 saturated heterocycles. The first-order chi connectivity index (χ1) is 9.55. The summed E-state index contributed by atoms with van der Waals surface area (Å²) in [5.74, 6) is -0.850. The van der Waals surface area contributed by atoms with Gasteiger partial charge in [0.15, 0.2) is 0 Å². The predicted octanol–water partition coefficient (Wildman–Crippen LogP) is 1.01. The standard InChI is InChI=1S/C14H22N2O4/c1-20-10-2-5-16(9-10)13(19)15-6-3-14(4-7-15)8-11(14)12(17)18/h10-11H,2-9H2,1H3,(H,17,18)/t10-,11?/m0/s1. The Kier molecular flexibility index (Phi) is 3.36. The average Bonchev–Trinajstić information content (AvgIpc) is 2.95. The summed E-state index contributed by atoms with van der Waals surface area (Å²) in [5, 5.41) is 9.07. The van der Waals surface area contributed by atoms with E-state index < -0.39 is 5.97 Å². The molecule has 1 spiro atoms. The van der Waals surface area contributed by atoms with Crippen molar-refractivity contribution in [1.29, 1.82) is 0 Å². The quantitative estimate of drug-likeness (QED) is 0.820. The highest BCUT2D eigenvalue weighted by molar-refractivity contribution is 5.76. The van der Waals surface area contributed by atoms with E-state index in [1.165, 1.54) is 0 Å². The third-order valence-corrected chi connectivity index (χ3v) is 5.27. The fraction of sp³-hybridized carbons (Fsp3) is 0.857. The maximum Gasteiger partial charge on any atom is 0.320 e. The van der Waals surface area contributed by atoms with Gasteiger partial charge < -0.3 is 19.6 Å². The third-order valence-electron chi connectivity index (χ3n) is 5.27. The van der Waals surface area contributed by atoms with Gasteiger partial charge in [-0.15, -0.1) is 0 Å². The fourth-order valence-corrected chi connectivity index (χ4v) is 3.69. The van der Waals surface area contributed by atoms with Crippen molar-refractivity contribution in [3.8, 4) is 0 Å². The third kappa shape index (κ3) is 2.26. The van der Waals surface area contributed by atoms with Crippen molar-refractivity contribution in [3.05, 3.63) is 0 Å². The Bertz CT molecular complexity index is 417. The minimum atomic E-state index is -0.674. The molecule has 1 unspecified atom stereocenters. The van der Waals surface area contributed by atoms with Gasteiger partial charge in [-0.05, 0) is 31.1 Å². The van der Waals surface area contributed by atoms with Gasteiger partial charge in [-0.25, -0.2) is 4.79 Å². The lowest BCUT2D eigenvalue weighted by molar-refractivity contribution is -0.139. The van der Waals surface area contributed by atoms with E-state index in [0.29, 0.717) is 19.6 Å². The van der Waals surface area contributed by atoms with Crippen LogP contribution < -0.4 is 0 Å². The molecule has 1 aliphatic carbocycles. The molecule has 6 heteroatoms. The SMILES string of the molecule is CO[C@H]1CCN(C(=O)N2CCC3(CC2)CC3C(=O)O)C1. The lowest BCUT2D eigenvalue weighted by Gasteiger charge is -2.35. The first kappa shape index (κ1) is 13.7. The van der Waals surface area contributed by atoms with Gasteiger partial charge >= 0.3 is 12.0 Å². The van der Waals surface area contributed by atoms with Crippen molar-refractivity contribution in [3.63, 3.8) is 0 Å². The van der Waals surface area contributed by atoms with Crippen molar-refractivity contribution in [2.45, 2.75) is 31.8 Å². The van der Waals surface area contributed by atoms with E-state index >= 15 is 0 Å². The largest absolute Gasteiger partial charge is 0.481 e. The molecule has 1 saturated carbocycles. The van der Waals surface area contributed by atoms with Crippen LogP contribution in [0.15, 0.2) is 0 Å². The molecule has 1 N–H and O–H groups in total. The summed E-state index contributed by atoms with van der Waals surface area (Å²) >= 11 is 0. The normalized spacial score (nSPS) is 31.6. The zero-order valence-corrected chi connectivity index (χ0v) is 11.9. The molecule has 2 amide bonds. The van der Waals surface area contributed by atoms with Crippen LogP contribution >= 0.6 is 0 Å². The number of carbonyl (C=O) groups is 2. The Morgan fingerprint density at radius 3 is 2.40 bits per heavy atom. The van der Waals surface area contributed by atoms with Crippen LogP contribution in [0.1, 0.15) is 25.7 Å². The minimum absolute atomic E-state index is 0.0112. The Morgan fingerprint density at radius 2 is 1.90 bits per heavy atom. The molecule has 2 aliphatic heterocycles. The van der Waals surface area contributed by atoms with Crippen molar-refractivity contribution in [2.24, 2.45) is 11.3 Å². The second-order valence-electron chi connectivity index (χ2n) is 6.32. The van der Waals surface area contributed by atoms with E-state index in [9.17, 15) is 9.59 Å². The summed E-state index contributed by atoms with van der Waals surface area (Å²) in [6, 6.07) is 0.0897. The molecular weight excluding hydrogens is 260 g/mol. The number of methoxy groups -OCH3 is 1. The van der Waals surface area contributed by atoms with Gasteiger partial charge in [0.05, 0.1) is 12.0 Å². The molecule has 3 aliphatic rings. The average molecular weight is 282 g/mol. The number of carbonyl (C=O) groups excluding carboxylic acids is 1. The second kappa shape index (κ2) is 4.91. The number of ether oxygens (including phenoxy) is 1. The molecule has 112 valence electrons. The highest BCUT2D eigenvalue weighted by Crippen LogP contribution is 2.59. The number of aliphatic carboxylic acids is 1. The number of piperidine rings is 1. The van der Waals surface area contributed by atoms with Crippen LogP contribution in [-0.4, -0.2) is 66.3 Å². The number of urea groups is 1. The van der Waals surface area contributed by atoms with E-state index in [-0.39, 0.29) is 23.5 Å². The predicted molar refractivity (Wildman–Crippen MR) is 71.4 cm³/mol. The van der Waals surface area contributed by atoms with Crippen molar-refractivity contribution >= 4 is 12.0 Å². The van der Waals surface area contributed by atoms with Crippen LogP contribution in [0, 0.1) is 11.3 Å². The molecular formula is C14H22N2O4. The molecule has 0 aromatic heterocycles. The van der Waals surface area contributed by atoms with Gasteiger partial charge in [-0.1, -0.05) is 0 Å². The Balaban J connectivity index is 1.51. The first-order valence-electron chi connectivity index (χ1n) is 7.35. The maximum absolute atomic E-state index is 12.4. The lowest BCUT2D eigenvalue weighted by atomic mass is 9.91. The molecule has 6 nitrogen and oxygen atoms in total. The number of hydrogen-bond acceptors (Lipinski definition) is 3. The number of nitrogens with zero attached hydrogens (tertiary/aromatic N) is 2. The van der Waals surface area contributed by atoms with E-state index in [1.54, 1.807) is 7.11 Å². The Morgan fingerprint density at radius 1 is 1.20 bits per heavy atom. The topological polar surface area (TPSA) is 70.1 Å². The van der Waals surface area contributed by atoms with E-state index in [1.807, 2.05) is 9.80 Å². The van der Waals surface area contributed by atoms with Crippen LogP contribution in [0.2, 0.25) is 0 Å². The monoisotopic (exact) mass is 282 g/mol. The fourth-order valence-electron chi connectivity index (χ4n) is 3.69. The first-order valence-corrected chi connectivity index (χ1v) is 7.35.